The first-order valence-electron chi connectivity index (χ1n) is 6.37. The van der Waals surface area contributed by atoms with Gasteiger partial charge in [0, 0.05) is 32.6 Å². The van der Waals surface area contributed by atoms with Gasteiger partial charge < -0.3 is 9.80 Å². The molecular weight excluding hydrogens is 214 g/mol. The molecule has 0 bridgehead atoms. The van der Waals surface area contributed by atoms with Gasteiger partial charge in [0.05, 0.1) is 12.5 Å². The fourth-order valence-corrected chi connectivity index (χ4v) is 1.90. The molecule has 1 amide bonds. The van der Waals surface area contributed by atoms with E-state index in [1.807, 2.05) is 0 Å². The third kappa shape index (κ3) is 6.28. The van der Waals surface area contributed by atoms with E-state index in [1.165, 1.54) is 0 Å². The van der Waals surface area contributed by atoms with Gasteiger partial charge in [-0.3, -0.25) is 4.79 Å². The third-order valence-electron chi connectivity index (χ3n) is 3.23. The summed E-state index contributed by atoms with van der Waals surface area (Å²) in [6, 6.07) is 2.61. The van der Waals surface area contributed by atoms with E-state index in [9.17, 15) is 4.79 Å². The van der Waals surface area contributed by atoms with E-state index in [4.69, 9.17) is 5.26 Å². The zero-order chi connectivity index (χ0) is 13.3. The topological polar surface area (TPSA) is 47.3 Å². The van der Waals surface area contributed by atoms with Gasteiger partial charge in [-0.05, 0) is 19.9 Å². The van der Waals surface area contributed by atoms with Crippen LogP contribution in [0.2, 0.25) is 0 Å². The minimum absolute atomic E-state index is 0.123. The van der Waals surface area contributed by atoms with Crippen LogP contribution >= 0.6 is 0 Å². The summed E-state index contributed by atoms with van der Waals surface area (Å²) in [5.41, 5.74) is 0. The molecule has 0 N–H and O–H groups in total. The molecule has 0 saturated carbocycles. The summed E-state index contributed by atoms with van der Waals surface area (Å²) in [6.45, 7) is 5.67. The van der Waals surface area contributed by atoms with Gasteiger partial charge >= 0.3 is 0 Å². The Labute approximate surface area is 105 Å². The molecule has 0 aromatic rings. The largest absolute Gasteiger partial charge is 0.345 e. The summed E-state index contributed by atoms with van der Waals surface area (Å²) in [4.78, 5) is 15.6. The van der Waals surface area contributed by atoms with Crippen molar-refractivity contribution in [3.63, 3.8) is 0 Å². The summed E-state index contributed by atoms with van der Waals surface area (Å²) < 4.78 is 0. The number of carbonyl (C=O) groups is 1. The van der Waals surface area contributed by atoms with Gasteiger partial charge in [-0.15, -0.1) is 0 Å². The Bertz CT molecular complexity index is 256. The first kappa shape index (κ1) is 15.9. The van der Waals surface area contributed by atoms with Crippen molar-refractivity contribution >= 4 is 5.91 Å². The molecule has 0 aliphatic carbocycles. The molecule has 0 spiro atoms. The number of nitriles is 1. The minimum Gasteiger partial charge on any atom is -0.345 e. The molecule has 0 aromatic heterocycles. The van der Waals surface area contributed by atoms with E-state index >= 15 is 0 Å². The highest BCUT2D eigenvalue weighted by atomic mass is 16.2. The van der Waals surface area contributed by atoms with Gasteiger partial charge in [0.1, 0.15) is 0 Å². The zero-order valence-corrected chi connectivity index (χ0v) is 11.6. The molecule has 0 heterocycles. The standard InChI is InChI=1S/C13H25N3O/c1-5-12(6-2)15(3)11-8-13(17)16(4)10-7-9-14/h12H,5-8,10-11H2,1-4H3. The Hall–Kier alpha value is -1.08. The molecule has 0 atom stereocenters. The van der Waals surface area contributed by atoms with Crippen molar-refractivity contribution in [1.29, 1.82) is 5.26 Å². The molecule has 0 fully saturated rings. The first-order chi connectivity index (χ1) is 8.06. The third-order valence-corrected chi connectivity index (χ3v) is 3.23. The molecular formula is C13H25N3O. The average Bonchev–Trinajstić information content (AvgIpc) is 2.34. The average molecular weight is 239 g/mol. The second-order valence-electron chi connectivity index (χ2n) is 4.42. The van der Waals surface area contributed by atoms with Crippen molar-refractivity contribution in [2.24, 2.45) is 0 Å². The van der Waals surface area contributed by atoms with Crippen LogP contribution in [0.15, 0.2) is 0 Å². The predicted molar refractivity (Wildman–Crippen MR) is 69.5 cm³/mol. The Morgan fingerprint density at radius 3 is 2.29 bits per heavy atom. The Morgan fingerprint density at radius 2 is 1.82 bits per heavy atom. The minimum atomic E-state index is 0.123. The van der Waals surface area contributed by atoms with Crippen LogP contribution < -0.4 is 0 Å². The summed E-state index contributed by atoms with van der Waals surface area (Å²) in [5, 5.41) is 8.46. The summed E-state index contributed by atoms with van der Waals surface area (Å²) in [6.07, 6.45) is 3.18. The molecule has 98 valence electrons. The lowest BCUT2D eigenvalue weighted by Crippen LogP contribution is -2.35. The van der Waals surface area contributed by atoms with Crippen LogP contribution in [0, 0.1) is 11.3 Å². The van der Waals surface area contributed by atoms with E-state index in [-0.39, 0.29) is 5.91 Å². The summed E-state index contributed by atoms with van der Waals surface area (Å²) >= 11 is 0. The van der Waals surface area contributed by atoms with Gasteiger partial charge in [-0.2, -0.15) is 5.26 Å². The van der Waals surface area contributed by atoms with Crippen molar-refractivity contribution in [3.05, 3.63) is 0 Å². The van der Waals surface area contributed by atoms with Gasteiger partial charge in [-0.1, -0.05) is 13.8 Å². The maximum Gasteiger partial charge on any atom is 0.223 e. The van der Waals surface area contributed by atoms with E-state index < -0.39 is 0 Å². The number of nitrogens with zero attached hydrogens (tertiary/aromatic N) is 3. The number of rotatable bonds is 8. The number of carbonyl (C=O) groups excluding carboxylic acids is 1. The lowest BCUT2D eigenvalue weighted by molar-refractivity contribution is -0.130. The second-order valence-corrected chi connectivity index (χ2v) is 4.42. The van der Waals surface area contributed by atoms with Crippen molar-refractivity contribution in [3.8, 4) is 6.07 Å². The zero-order valence-electron chi connectivity index (χ0n) is 11.6. The lowest BCUT2D eigenvalue weighted by atomic mass is 10.1. The van der Waals surface area contributed by atoms with Crippen molar-refractivity contribution < 1.29 is 4.79 Å². The van der Waals surface area contributed by atoms with Crippen LogP contribution in [0.1, 0.15) is 39.5 Å². The van der Waals surface area contributed by atoms with Gasteiger partial charge in [0.2, 0.25) is 5.91 Å². The fourth-order valence-electron chi connectivity index (χ4n) is 1.90. The van der Waals surface area contributed by atoms with Crippen LogP contribution in [0.5, 0.6) is 0 Å². The molecule has 0 aromatic carbocycles. The van der Waals surface area contributed by atoms with Crippen LogP contribution in [0.25, 0.3) is 0 Å². The monoisotopic (exact) mass is 239 g/mol. The molecule has 4 nitrogen and oxygen atoms in total. The van der Waals surface area contributed by atoms with Gasteiger partial charge in [0.25, 0.3) is 0 Å². The molecule has 0 aliphatic heterocycles. The fraction of sp³-hybridized carbons (Fsp3) is 0.846. The van der Waals surface area contributed by atoms with E-state index in [0.29, 0.717) is 25.4 Å². The van der Waals surface area contributed by atoms with Crippen molar-refractivity contribution in [2.75, 3.05) is 27.2 Å². The highest BCUT2D eigenvalue weighted by molar-refractivity contribution is 5.76. The predicted octanol–water partition coefficient (Wildman–Crippen LogP) is 1.87. The molecule has 0 unspecified atom stereocenters. The second kappa shape index (κ2) is 9.00. The van der Waals surface area contributed by atoms with Crippen LogP contribution in [0.3, 0.4) is 0 Å². The highest BCUT2D eigenvalue weighted by Crippen LogP contribution is 2.06. The van der Waals surface area contributed by atoms with E-state index in [0.717, 1.165) is 19.4 Å². The SMILES string of the molecule is CCC(CC)N(C)CCC(=O)N(C)CCC#N. The highest BCUT2D eigenvalue weighted by Gasteiger charge is 2.13. The summed E-state index contributed by atoms with van der Waals surface area (Å²) in [7, 11) is 3.83. The van der Waals surface area contributed by atoms with Crippen molar-refractivity contribution in [2.45, 2.75) is 45.6 Å². The smallest absolute Gasteiger partial charge is 0.223 e. The van der Waals surface area contributed by atoms with E-state index in [1.54, 1.807) is 11.9 Å². The maximum atomic E-state index is 11.7. The Kier molecular flexibility index (Phi) is 8.43. The van der Waals surface area contributed by atoms with Gasteiger partial charge in [-0.25, -0.2) is 0 Å². The number of amides is 1. The van der Waals surface area contributed by atoms with Crippen molar-refractivity contribution in [1.82, 2.24) is 9.80 Å². The molecule has 0 radical (unpaired) electrons. The Morgan fingerprint density at radius 1 is 1.24 bits per heavy atom. The lowest BCUT2D eigenvalue weighted by Gasteiger charge is -2.26. The quantitative estimate of drug-likeness (QED) is 0.649. The molecule has 17 heavy (non-hydrogen) atoms. The summed E-state index contributed by atoms with van der Waals surface area (Å²) in [5.74, 6) is 0.123. The van der Waals surface area contributed by atoms with Crippen LogP contribution in [0.4, 0.5) is 0 Å². The Balaban J connectivity index is 3.94. The molecule has 4 heteroatoms. The van der Waals surface area contributed by atoms with Crippen LogP contribution in [-0.2, 0) is 4.79 Å². The maximum absolute atomic E-state index is 11.7. The van der Waals surface area contributed by atoms with E-state index in [2.05, 4.69) is 31.9 Å². The molecule has 0 rings (SSSR count). The van der Waals surface area contributed by atoms with Crippen LogP contribution in [-0.4, -0.2) is 48.9 Å². The van der Waals surface area contributed by atoms with Gasteiger partial charge in [0.15, 0.2) is 0 Å². The normalized spacial score (nSPS) is 10.6. The first-order valence-corrected chi connectivity index (χ1v) is 6.37. The number of hydrogen-bond acceptors (Lipinski definition) is 3. The molecule has 0 aliphatic rings. The number of hydrogen-bond donors (Lipinski definition) is 0. The molecule has 0 saturated heterocycles.